The molecule has 0 aliphatic heterocycles. The third-order valence-electron chi connectivity index (χ3n) is 1.21. The van der Waals surface area contributed by atoms with E-state index >= 15 is 0 Å². The van der Waals surface area contributed by atoms with E-state index in [2.05, 4.69) is 4.74 Å². The average Bonchev–Trinajstić information content (AvgIpc) is 2.40. The Labute approximate surface area is 59.2 Å². The lowest BCUT2D eigenvalue weighted by Crippen LogP contribution is -2.09. The Bertz CT molecular complexity index is 203. The molecule has 0 spiro atoms. The van der Waals surface area contributed by atoms with Gasteiger partial charge in [-0.05, 0) is 12.1 Å². The van der Waals surface area contributed by atoms with Crippen LogP contribution in [0.2, 0.25) is 0 Å². The highest BCUT2D eigenvalue weighted by molar-refractivity contribution is 5.68. The molecule has 1 rings (SSSR count). The Kier molecular flexibility index (Phi) is 2.10. The lowest BCUT2D eigenvalue weighted by atomic mass is 10.6. The van der Waals surface area contributed by atoms with Crippen molar-refractivity contribution in [2.75, 3.05) is 7.11 Å². The van der Waals surface area contributed by atoms with Crippen molar-refractivity contribution < 1.29 is 9.53 Å². The number of carbonyl (C=O) groups is 1. The standard InChI is InChI=1S/C7H9NO2/c1-10-7(9)6-8-4-2-3-5-8/h2-5H,6H2,1H3. The van der Waals surface area contributed by atoms with Gasteiger partial charge in [-0.25, -0.2) is 0 Å². The van der Waals surface area contributed by atoms with E-state index in [0.717, 1.165) is 0 Å². The fourth-order valence-corrected chi connectivity index (χ4v) is 0.689. The van der Waals surface area contributed by atoms with Crippen LogP contribution < -0.4 is 0 Å². The van der Waals surface area contributed by atoms with Crippen LogP contribution in [0.3, 0.4) is 0 Å². The molecule has 10 heavy (non-hydrogen) atoms. The third-order valence-corrected chi connectivity index (χ3v) is 1.21. The van der Waals surface area contributed by atoms with Crippen molar-refractivity contribution in [1.29, 1.82) is 0 Å². The van der Waals surface area contributed by atoms with Crippen molar-refractivity contribution in [1.82, 2.24) is 4.57 Å². The van der Waals surface area contributed by atoms with E-state index in [-0.39, 0.29) is 5.97 Å². The van der Waals surface area contributed by atoms with Crippen molar-refractivity contribution in [2.24, 2.45) is 0 Å². The minimum Gasteiger partial charge on any atom is -0.468 e. The van der Waals surface area contributed by atoms with Crippen molar-refractivity contribution >= 4 is 5.97 Å². The molecule has 0 saturated carbocycles. The summed E-state index contributed by atoms with van der Waals surface area (Å²) in [5, 5.41) is 0. The zero-order valence-electron chi connectivity index (χ0n) is 5.78. The fourth-order valence-electron chi connectivity index (χ4n) is 0.689. The summed E-state index contributed by atoms with van der Waals surface area (Å²) in [4.78, 5) is 10.6. The first-order chi connectivity index (χ1) is 4.83. The normalized spacial score (nSPS) is 9.30. The van der Waals surface area contributed by atoms with E-state index in [1.807, 2.05) is 24.5 Å². The van der Waals surface area contributed by atoms with Crippen LogP contribution in [0.1, 0.15) is 0 Å². The summed E-state index contributed by atoms with van der Waals surface area (Å²) in [7, 11) is 1.38. The summed E-state index contributed by atoms with van der Waals surface area (Å²) in [5.41, 5.74) is 0. The van der Waals surface area contributed by atoms with Gasteiger partial charge in [0.25, 0.3) is 0 Å². The molecule has 3 nitrogen and oxygen atoms in total. The molecule has 1 heterocycles. The Morgan fingerprint density at radius 3 is 2.60 bits per heavy atom. The third kappa shape index (κ3) is 1.62. The van der Waals surface area contributed by atoms with Gasteiger partial charge in [0.2, 0.25) is 0 Å². The minimum absolute atomic E-state index is 0.226. The Morgan fingerprint density at radius 1 is 1.50 bits per heavy atom. The summed E-state index contributed by atoms with van der Waals surface area (Å²) in [6.07, 6.45) is 3.63. The van der Waals surface area contributed by atoms with Gasteiger partial charge in [-0.15, -0.1) is 0 Å². The van der Waals surface area contributed by atoms with Crippen molar-refractivity contribution in [3.05, 3.63) is 24.5 Å². The van der Waals surface area contributed by atoms with E-state index in [9.17, 15) is 4.79 Å². The smallest absolute Gasteiger partial charge is 0.325 e. The predicted molar refractivity (Wildman–Crippen MR) is 36.4 cm³/mol. The molecule has 0 fully saturated rings. The second kappa shape index (κ2) is 3.06. The average molecular weight is 139 g/mol. The highest BCUT2D eigenvalue weighted by atomic mass is 16.5. The lowest BCUT2D eigenvalue weighted by molar-refractivity contribution is -0.141. The molecule has 0 radical (unpaired) electrons. The van der Waals surface area contributed by atoms with Gasteiger partial charge in [0, 0.05) is 12.4 Å². The maximum Gasteiger partial charge on any atom is 0.325 e. The lowest BCUT2D eigenvalue weighted by Gasteiger charge is -1.98. The Morgan fingerprint density at radius 2 is 2.10 bits per heavy atom. The van der Waals surface area contributed by atoms with E-state index in [1.54, 1.807) is 4.57 Å². The fraction of sp³-hybridized carbons (Fsp3) is 0.286. The Balaban J connectivity index is 2.48. The number of nitrogens with zero attached hydrogens (tertiary/aromatic N) is 1. The summed E-state index contributed by atoms with van der Waals surface area (Å²) in [6.45, 7) is 0.295. The second-order valence-electron chi connectivity index (χ2n) is 1.93. The van der Waals surface area contributed by atoms with Crippen molar-refractivity contribution in [2.45, 2.75) is 6.54 Å². The van der Waals surface area contributed by atoms with E-state index in [0.29, 0.717) is 6.54 Å². The van der Waals surface area contributed by atoms with Gasteiger partial charge in [0.1, 0.15) is 6.54 Å². The molecule has 0 aromatic carbocycles. The first-order valence-electron chi connectivity index (χ1n) is 3.00. The number of carbonyl (C=O) groups excluding carboxylic acids is 1. The molecule has 0 bridgehead atoms. The van der Waals surface area contributed by atoms with Gasteiger partial charge in [-0.2, -0.15) is 0 Å². The molecule has 0 amide bonds. The van der Waals surface area contributed by atoms with Gasteiger partial charge in [-0.3, -0.25) is 4.79 Å². The van der Waals surface area contributed by atoms with Crippen LogP contribution in [0.5, 0.6) is 0 Å². The highest BCUT2D eigenvalue weighted by Crippen LogP contribution is 1.89. The van der Waals surface area contributed by atoms with Gasteiger partial charge in [0.05, 0.1) is 7.11 Å². The summed E-state index contributed by atoms with van der Waals surface area (Å²) in [5.74, 6) is -0.226. The number of methoxy groups -OCH3 is 1. The quantitative estimate of drug-likeness (QED) is 0.563. The Hall–Kier alpha value is -1.25. The number of hydrogen-bond acceptors (Lipinski definition) is 2. The first-order valence-corrected chi connectivity index (χ1v) is 3.00. The van der Waals surface area contributed by atoms with E-state index in [4.69, 9.17) is 0 Å². The number of hydrogen-bond donors (Lipinski definition) is 0. The van der Waals surface area contributed by atoms with Gasteiger partial charge < -0.3 is 9.30 Å². The van der Waals surface area contributed by atoms with Crippen LogP contribution in [-0.2, 0) is 16.1 Å². The molecular formula is C7H9NO2. The molecule has 1 aromatic rings. The highest BCUT2D eigenvalue weighted by Gasteiger charge is 1.97. The summed E-state index contributed by atoms with van der Waals surface area (Å²) >= 11 is 0. The number of rotatable bonds is 2. The molecule has 0 unspecified atom stereocenters. The van der Waals surface area contributed by atoms with Gasteiger partial charge in [-0.1, -0.05) is 0 Å². The maximum atomic E-state index is 10.6. The molecule has 1 aromatic heterocycles. The zero-order valence-corrected chi connectivity index (χ0v) is 5.78. The number of aromatic nitrogens is 1. The summed E-state index contributed by atoms with van der Waals surface area (Å²) in [6, 6.07) is 3.73. The second-order valence-corrected chi connectivity index (χ2v) is 1.93. The SMILES string of the molecule is COC(=O)Cn1cccc1. The largest absolute Gasteiger partial charge is 0.468 e. The molecule has 0 aliphatic rings. The molecule has 54 valence electrons. The van der Waals surface area contributed by atoms with Crippen molar-refractivity contribution in [3.8, 4) is 0 Å². The van der Waals surface area contributed by atoms with Crippen molar-refractivity contribution in [3.63, 3.8) is 0 Å². The minimum atomic E-state index is -0.226. The summed E-state index contributed by atoms with van der Waals surface area (Å²) < 4.78 is 6.22. The molecule has 0 atom stereocenters. The topological polar surface area (TPSA) is 31.2 Å². The zero-order chi connectivity index (χ0) is 7.40. The predicted octanol–water partition coefficient (Wildman–Crippen LogP) is 0.661. The van der Waals surface area contributed by atoms with Crippen LogP contribution in [0.4, 0.5) is 0 Å². The maximum absolute atomic E-state index is 10.6. The number of ether oxygens (including phenoxy) is 1. The van der Waals surface area contributed by atoms with Gasteiger partial charge >= 0.3 is 5.97 Å². The van der Waals surface area contributed by atoms with Crippen LogP contribution in [0.15, 0.2) is 24.5 Å². The van der Waals surface area contributed by atoms with Crippen LogP contribution in [0, 0.1) is 0 Å². The van der Waals surface area contributed by atoms with Crippen LogP contribution >= 0.6 is 0 Å². The molecule has 0 N–H and O–H groups in total. The molecule has 0 aliphatic carbocycles. The number of esters is 1. The van der Waals surface area contributed by atoms with Gasteiger partial charge in [0.15, 0.2) is 0 Å². The van der Waals surface area contributed by atoms with Crippen LogP contribution in [0.25, 0.3) is 0 Å². The van der Waals surface area contributed by atoms with Crippen LogP contribution in [-0.4, -0.2) is 17.6 Å². The molecule has 3 heteroatoms. The monoisotopic (exact) mass is 139 g/mol. The first kappa shape index (κ1) is 6.86. The molecular weight excluding hydrogens is 130 g/mol. The molecule has 0 saturated heterocycles. The van der Waals surface area contributed by atoms with E-state index in [1.165, 1.54) is 7.11 Å². The van der Waals surface area contributed by atoms with E-state index < -0.39 is 0 Å².